The third kappa shape index (κ3) is 3.14. The lowest BCUT2D eigenvalue weighted by molar-refractivity contribution is -0.123. The first-order valence-electron chi connectivity index (χ1n) is 8.60. The number of rotatable bonds is 4. The van der Waals surface area contributed by atoms with Crippen LogP contribution in [0.4, 0.5) is 4.79 Å². The van der Waals surface area contributed by atoms with Gasteiger partial charge in [0, 0.05) is 30.7 Å². The van der Waals surface area contributed by atoms with E-state index in [4.69, 9.17) is 5.73 Å². The number of nitrogens with zero attached hydrogens (tertiary/aromatic N) is 3. The Balaban J connectivity index is 1.40. The largest absolute Gasteiger partial charge is 0.352 e. The number of thioether (sulfide) groups is 1. The number of nitrogens with two attached hydrogens (primary N) is 1. The summed E-state index contributed by atoms with van der Waals surface area (Å²) in [4.78, 5) is 42.9. The summed E-state index contributed by atoms with van der Waals surface area (Å²) in [6.45, 7) is 2.75. The smallest absolute Gasteiger partial charge is 0.312 e. The molecule has 2 fully saturated rings. The van der Waals surface area contributed by atoms with Crippen molar-refractivity contribution >= 4 is 45.9 Å². The number of amides is 4. The third-order valence-electron chi connectivity index (χ3n) is 5.07. The SMILES string of the molecule is CC(NC(N)=O)C(=O)NC1CCSC12CN(C(=O)c1cnc3sccn13)C2. The van der Waals surface area contributed by atoms with Crippen molar-refractivity contribution in [3.8, 4) is 0 Å². The molecule has 4 amide bonds. The molecule has 0 aliphatic carbocycles. The topological polar surface area (TPSA) is 122 Å². The minimum atomic E-state index is -0.728. The van der Waals surface area contributed by atoms with Crippen LogP contribution in [0.3, 0.4) is 0 Å². The fourth-order valence-electron chi connectivity index (χ4n) is 3.63. The molecule has 4 rings (SSSR count). The lowest BCUT2D eigenvalue weighted by Crippen LogP contribution is -2.69. The molecule has 0 saturated carbocycles. The second-order valence-corrected chi connectivity index (χ2v) is 9.24. The van der Waals surface area contributed by atoms with Crippen LogP contribution in [0.5, 0.6) is 0 Å². The molecular formula is C16H20N6O3S2. The predicted molar refractivity (Wildman–Crippen MR) is 103 cm³/mol. The van der Waals surface area contributed by atoms with Crippen LogP contribution >= 0.6 is 23.1 Å². The van der Waals surface area contributed by atoms with Crippen LogP contribution in [0.1, 0.15) is 23.8 Å². The summed E-state index contributed by atoms with van der Waals surface area (Å²) < 4.78 is 1.63. The van der Waals surface area contributed by atoms with Crippen molar-refractivity contribution in [1.82, 2.24) is 24.9 Å². The minimum Gasteiger partial charge on any atom is -0.352 e. The molecule has 9 nitrogen and oxygen atoms in total. The molecule has 27 heavy (non-hydrogen) atoms. The van der Waals surface area contributed by atoms with Crippen molar-refractivity contribution in [3.63, 3.8) is 0 Å². The van der Waals surface area contributed by atoms with Crippen LogP contribution in [-0.2, 0) is 4.79 Å². The van der Waals surface area contributed by atoms with E-state index in [1.54, 1.807) is 34.2 Å². The first-order valence-corrected chi connectivity index (χ1v) is 10.5. The van der Waals surface area contributed by atoms with Gasteiger partial charge in [0.05, 0.1) is 10.9 Å². The van der Waals surface area contributed by atoms with Crippen molar-refractivity contribution < 1.29 is 14.4 Å². The maximum Gasteiger partial charge on any atom is 0.312 e. The van der Waals surface area contributed by atoms with Gasteiger partial charge < -0.3 is 21.3 Å². The molecule has 11 heteroatoms. The van der Waals surface area contributed by atoms with Crippen LogP contribution in [0.2, 0.25) is 0 Å². The molecule has 144 valence electrons. The van der Waals surface area contributed by atoms with Crippen molar-refractivity contribution in [2.45, 2.75) is 30.2 Å². The zero-order chi connectivity index (χ0) is 19.2. The van der Waals surface area contributed by atoms with E-state index in [9.17, 15) is 14.4 Å². The van der Waals surface area contributed by atoms with E-state index >= 15 is 0 Å². The van der Waals surface area contributed by atoms with Gasteiger partial charge in [-0.3, -0.25) is 14.0 Å². The number of urea groups is 1. The molecule has 0 radical (unpaired) electrons. The number of nitrogens with one attached hydrogen (secondary N) is 2. The normalized spacial score (nSPS) is 21.8. The molecule has 2 saturated heterocycles. The number of carbonyl (C=O) groups is 3. The fourth-order valence-corrected chi connectivity index (χ4v) is 5.95. The standard InChI is InChI=1S/C16H20N6O3S2/c1-9(19-14(17)25)12(23)20-11-2-4-27-16(11)7-21(8-16)13(24)10-6-18-15-22(10)3-5-26-15/h3,5-6,9,11H,2,4,7-8H2,1H3,(H,20,23)(H3,17,19,25). The minimum absolute atomic E-state index is 0.0391. The van der Waals surface area contributed by atoms with Crippen LogP contribution in [-0.4, -0.2) is 67.8 Å². The van der Waals surface area contributed by atoms with Crippen LogP contribution in [0, 0.1) is 0 Å². The average Bonchev–Trinajstić information content (AvgIpc) is 3.27. The van der Waals surface area contributed by atoms with Crippen molar-refractivity contribution in [2.75, 3.05) is 18.8 Å². The van der Waals surface area contributed by atoms with E-state index in [0.717, 1.165) is 17.1 Å². The summed E-state index contributed by atoms with van der Waals surface area (Å²) in [5.74, 6) is 0.612. The number of fused-ring (bicyclic) bond motifs is 1. The summed E-state index contributed by atoms with van der Waals surface area (Å²) in [5, 5.41) is 7.30. The second-order valence-electron chi connectivity index (χ2n) is 6.85. The van der Waals surface area contributed by atoms with E-state index in [1.807, 2.05) is 11.6 Å². The lowest BCUT2D eigenvalue weighted by atomic mass is 9.88. The highest BCUT2D eigenvalue weighted by Crippen LogP contribution is 2.45. The Kier molecular flexibility index (Phi) is 4.50. The molecule has 0 aromatic carbocycles. The molecule has 0 bridgehead atoms. The predicted octanol–water partition coefficient (Wildman–Crippen LogP) is 0.269. The maximum absolute atomic E-state index is 12.8. The summed E-state index contributed by atoms with van der Waals surface area (Å²) in [7, 11) is 0. The molecule has 2 aliphatic heterocycles. The Bertz CT molecular complexity index is 903. The monoisotopic (exact) mass is 408 g/mol. The number of likely N-dealkylation sites (tertiary alicyclic amines) is 1. The van der Waals surface area contributed by atoms with Gasteiger partial charge in [-0.25, -0.2) is 9.78 Å². The van der Waals surface area contributed by atoms with Crippen molar-refractivity contribution in [2.24, 2.45) is 5.73 Å². The molecule has 4 N–H and O–H groups in total. The zero-order valence-electron chi connectivity index (χ0n) is 14.7. The van der Waals surface area contributed by atoms with Gasteiger partial charge in [0.2, 0.25) is 5.91 Å². The first-order chi connectivity index (χ1) is 12.9. The maximum atomic E-state index is 12.8. The van der Waals surface area contributed by atoms with Gasteiger partial charge in [0.15, 0.2) is 4.96 Å². The Morgan fingerprint density at radius 2 is 2.19 bits per heavy atom. The molecular weight excluding hydrogens is 388 g/mol. The number of imidazole rings is 1. The highest BCUT2D eigenvalue weighted by molar-refractivity contribution is 8.01. The van der Waals surface area contributed by atoms with Crippen LogP contribution in [0.25, 0.3) is 4.96 Å². The summed E-state index contributed by atoms with van der Waals surface area (Å²) in [5.41, 5.74) is 5.63. The molecule has 4 heterocycles. The Morgan fingerprint density at radius 1 is 1.41 bits per heavy atom. The van der Waals surface area contributed by atoms with Gasteiger partial charge >= 0.3 is 6.03 Å². The average molecular weight is 409 g/mol. The number of hydrogen-bond donors (Lipinski definition) is 3. The molecule has 2 unspecified atom stereocenters. The molecule has 2 aromatic rings. The van der Waals surface area contributed by atoms with Crippen molar-refractivity contribution in [3.05, 3.63) is 23.5 Å². The van der Waals surface area contributed by atoms with Gasteiger partial charge in [0.1, 0.15) is 11.7 Å². The van der Waals surface area contributed by atoms with E-state index in [0.29, 0.717) is 18.8 Å². The van der Waals surface area contributed by atoms with Gasteiger partial charge in [-0.15, -0.1) is 23.1 Å². The van der Waals surface area contributed by atoms with E-state index in [2.05, 4.69) is 15.6 Å². The number of thiazole rings is 1. The van der Waals surface area contributed by atoms with Gasteiger partial charge in [0.25, 0.3) is 5.91 Å². The number of aromatic nitrogens is 2. The fraction of sp³-hybridized carbons (Fsp3) is 0.500. The Morgan fingerprint density at radius 3 is 2.93 bits per heavy atom. The Labute approximate surface area is 163 Å². The third-order valence-corrected chi connectivity index (χ3v) is 7.40. The first kappa shape index (κ1) is 18.1. The van der Waals surface area contributed by atoms with Gasteiger partial charge in [-0.2, -0.15) is 0 Å². The molecule has 1 spiro atoms. The van der Waals surface area contributed by atoms with Gasteiger partial charge in [-0.05, 0) is 19.1 Å². The molecule has 2 atom stereocenters. The highest BCUT2D eigenvalue weighted by atomic mass is 32.2. The Hall–Kier alpha value is -2.27. The number of primary amides is 1. The van der Waals surface area contributed by atoms with E-state index in [-0.39, 0.29) is 22.6 Å². The quantitative estimate of drug-likeness (QED) is 0.670. The second kappa shape index (κ2) is 6.71. The zero-order valence-corrected chi connectivity index (χ0v) is 16.3. The summed E-state index contributed by atoms with van der Waals surface area (Å²) >= 11 is 3.28. The van der Waals surface area contributed by atoms with Crippen LogP contribution in [0.15, 0.2) is 17.8 Å². The van der Waals surface area contributed by atoms with Crippen molar-refractivity contribution in [1.29, 1.82) is 0 Å². The van der Waals surface area contributed by atoms with Gasteiger partial charge in [-0.1, -0.05) is 0 Å². The molecule has 2 aliphatic rings. The lowest BCUT2D eigenvalue weighted by Gasteiger charge is -2.50. The highest BCUT2D eigenvalue weighted by Gasteiger charge is 2.54. The number of carbonyl (C=O) groups excluding carboxylic acids is 3. The molecule has 2 aromatic heterocycles. The van der Waals surface area contributed by atoms with E-state index in [1.165, 1.54) is 11.3 Å². The summed E-state index contributed by atoms with van der Waals surface area (Å²) in [6, 6.07) is -1.46. The van der Waals surface area contributed by atoms with E-state index < -0.39 is 12.1 Å². The summed E-state index contributed by atoms with van der Waals surface area (Å²) in [6.07, 6.45) is 4.29. The number of hydrogen-bond acceptors (Lipinski definition) is 6. The van der Waals surface area contributed by atoms with Crippen LogP contribution < -0.4 is 16.4 Å².